The predicted molar refractivity (Wildman–Crippen MR) is 133 cm³/mol. The summed E-state index contributed by atoms with van der Waals surface area (Å²) in [4.78, 5) is 0. The van der Waals surface area contributed by atoms with Crippen molar-refractivity contribution in [1.82, 2.24) is 0 Å². The van der Waals surface area contributed by atoms with E-state index in [0.29, 0.717) is 35.2 Å². The minimum Gasteiger partial charge on any atom is -0.390 e. The Balaban J connectivity index is 1.24. The molecule has 4 nitrogen and oxygen atoms in total. The lowest BCUT2D eigenvalue weighted by Gasteiger charge is -2.59. The summed E-state index contributed by atoms with van der Waals surface area (Å²) in [5.74, 6) is 3.56. The molecule has 0 amide bonds. The standard InChI is InChI=1S/C30H48O4/c1-6-13-32-25-14-20-7-8-21-22(29(20,5)16-24(25)31)10-11-28(4)23(21)15-26-27(28)19(3)30(34-26)12-9-18(2)17-33-30/h7,18-19,21-27,31H,6,8-17H2,1-5H3. The van der Waals surface area contributed by atoms with E-state index in [0.717, 1.165) is 50.7 Å². The summed E-state index contributed by atoms with van der Waals surface area (Å²) < 4.78 is 19.5. The lowest BCUT2D eigenvalue weighted by molar-refractivity contribution is -0.272. The first-order valence-electron chi connectivity index (χ1n) is 14.5. The lowest BCUT2D eigenvalue weighted by Crippen LogP contribution is -2.54. The second kappa shape index (κ2) is 8.30. The summed E-state index contributed by atoms with van der Waals surface area (Å²) in [5, 5.41) is 11.1. The Kier molecular flexibility index (Phi) is 5.84. The van der Waals surface area contributed by atoms with Gasteiger partial charge in [0.05, 0.1) is 24.9 Å². The van der Waals surface area contributed by atoms with Gasteiger partial charge in [-0.3, -0.25) is 0 Å². The third-order valence-corrected chi connectivity index (χ3v) is 11.9. The highest BCUT2D eigenvalue weighted by atomic mass is 16.7. The average Bonchev–Trinajstić information content (AvgIpc) is 3.25. The van der Waals surface area contributed by atoms with E-state index in [4.69, 9.17) is 14.2 Å². The molecule has 0 radical (unpaired) electrons. The van der Waals surface area contributed by atoms with Crippen LogP contribution in [0.1, 0.15) is 92.4 Å². The monoisotopic (exact) mass is 472 g/mol. The molecule has 6 aliphatic rings. The van der Waals surface area contributed by atoms with Gasteiger partial charge in [-0.1, -0.05) is 46.3 Å². The molecule has 1 N–H and O–H groups in total. The van der Waals surface area contributed by atoms with Crippen LogP contribution in [0.4, 0.5) is 0 Å². The fraction of sp³-hybridized carbons (Fsp3) is 0.933. The van der Waals surface area contributed by atoms with Crippen molar-refractivity contribution < 1.29 is 19.3 Å². The van der Waals surface area contributed by atoms with Crippen molar-refractivity contribution in [2.45, 2.75) is 117 Å². The SMILES string of the molecule is CCCOC1CC2=CCC3C(CCC4(C)C3CC3OC5(CCC(C)CO5)C(C)C34)C2(C)CC1O. The van der Waals surface area contributed by atoms with E-state index >= 15 is 0 Å². The molecule has 0 aromatic heterocycles. The number of fused-ring (bicyclic) bond motifs is 7. The summed E-state index contributed by atoms with van der Waals surface area (Å²) in [6.07, 6.45) is 12.7. The van der Waals surface area contributed by atoms with Gasteiger partial charge in [0.1, 0.15) is 0 Å². The highest BCUT2D eigenvalue weighted by molar-refractivity contribution is 5.27. The Bertz CT molecular complexity index is 815. The lowest BCUT2D eigenvalue weighted by atomic mass is 9.46. The van der Waals surface area contributed by atoms with Crippen LogP contribution in [0.15, 0.2) is 11.6 Å². The van der Waals surface area contributed by atoms with Gasteiger partial charge in [-0.15, -0.1) is 0 Å². The number of aliphatic hydroxyl groups excluding tert-OH is 1. The second-order valence-corrected chi connectivity index (χ2v) is 13.7. The maximum Gasteiger partial charge on any atom is 0.171 e. The summed E-state index contributed by atoms with van der Waals surface area (Å²) in [6.45, 7) is 13.6. The molecule has 2 heterocycles. The van der Waals surface area contributed by atoms with Gasteiger partial charge in [-0.25, -0.2) is 0 Å². The summed E-state index contributed by atoms with van der Waals surface area (Å²) in [5.41, 5.74) is 2.06. The van der Waals surface area contributed by atoms with Crippen molar-refractivity contribution in [2.75, 3.05) is 13.2 Å². The van der Waals surface area contributed by atoms with Crippen LogP contribution in [0, 0.1) is 46.3 Å². The normalized spacial score (nSPS) is 56.4. The molecule has 12 unspecified atom stereocenters. The van der Waals surface area contributed by atoms with Gasteiger partial charge in [-0.2, -0.15) is 0 Å². The zero-order chi connectivity index (χ0) is 23.9. The molecule has 4 aliphatic carbocycles. The van der Waals surface area contributed by atoms with E-state index in [1.165, 1.54) is 32.1 Å². The number of hydrogen-bond acceptors (Lipinski definition) is 4. The van der Waals surface area contributed by atoms with Gasteiger partial charge in [0.25, 0.3) is 0 Å². The molecule has 1 spiro atoms. The zero-order valence-corrected chi connectivity index (χ0v) is 22.2. The van der Waals surface area contributed by atoms with Crippen molar-refractivity contribution in [2.24, 2.45) is 46.3 Å². The number of allylic oxidation sites excluding steroid dienone is 1. The Labute approximate surface area is 207 Å². The number of aliphatic hydroxyl groups is 1. The largest absolute Gasteiger partial charge is 0.390 e. The van der Waals surface area contributed by atoms with Crippen LogP contribution >= 0.6 is 0 Å². The van der Waals surface area contributed by atoms with Crippen LogP contribution in [0.2, 0.25) is 0 Å². The van der Waals surface area contributed by atoms with E-state index in [1.807, 2.05) is 0 Å². The molecule has 0 bridgehead atoms. The van der Waals surface area contributed by atoms with Crippen LogP contribution in [0.5, 0.6) is 0 Å². The maximum atomic E-state index is 11.1. The second-order valence-electron chi connectivity index (χ2n) is 13.7. The molecule has 3 saturated carbocycles. The third kappa shape index (κ3) is 3.30. The summed E-state index contributed by atoms with van der Waals surface area (Å²) >= 11 is 0. The Morgan fingerprint density at radius 2 is 1.97 bits per heavy atom. The van der Waals surface area contributed by atoms with Gasteiger partial charge in [0, 0.05) is 18.9 Å². The third-order valence-electron chi connectivity index (χ3n) is 11.9. The highest BCUT2D eigenvalue weighted by Gasteiger charge is 2.68. The van der Waals surface area contributed by atoms with Crippen LogP contribution in [0.25, 0.3) is 0 Å². The van der Waals surface area contributed by atoms with Gasteiger partial charge in [-0.05, 0) is 91.8 Å². The van der Waals surface area contributed by atoms with E-state index in [1.54, 1.807) is 5.57 Å². The Hall–Kier alpha value is -0.420. The fourth-order valence-corrected chi connectivity index (χ4v) is 10.1. The van der Waals surface area contributed by atoms with Crippen LogP contribution in [-0.4, -0.2) is 42.4 Å². The van der Waals surface area contributed by atoms with Crippen molar-refractivity contribution in [3.05, 3.63) is 11.6 Å². The van der Waals surface area contributed by atoms with Crippen LogP contribution in [-0.2, 0) is 14.2 Å². The van der Waals surface area contributed by atoms with Crippen molar-refractivity contribution >= 4 is 0 Å². The fourth-order valence-electron chi connectivity index (χ4n) is 10.1. The van der Waals surface area contributed by atoms with Crippen molar-refractivity contribution in [3.8, 4) is 0 Å². The molecule has 12 atom stereocenters. The van der Waals surface area contributed by atoms with E-state index in [-0.39, 0.29) is 23.4 Å². The molecule has 34 heavy (non-hydrogen) atoms. The van der Waals surface area contributed by atoms with Crippen molar-refractivity contribution in [1.29, 1.82) is 0 Å². The van der Waals surface area contributed by atoms with Crippen LogP contribution < -0.4 is 0 Å². The molecule has 2 aliphatic heterocycles. The first kappa shape index (κ1) is 23.9. The highest BCUT2D eigenvalue weighted by Crippen LogP contribution is 2.70. The van der Waals surface area contributed by atoms with E-state index < -0.39 is 0 Å². The van der Waals surface area contributed by atoms with E-state index in [2.05, 4.69) is 40.7 Å². The number of rotatable bonds is 3. The molecule has 5 fully saturated rings. The predicted octanol–water partition coefficient (Wildman–Crippen LogP) is 6.12. The molecule has 0 aromatic carbocycles. The number of ether oxygens (including phenoxy) is 3. The van der Waals surface area contributed by atoms with Gasteiger partial charge in [0.15, 0.2) is 5.79 Å². The molecular weight excluding hydrogens is 424 g/mol. The topological polar surface area (TPSA) is 47.9 Å². The average molecular weight is 473 g/mol. The first-order chi connectivity index (χ1) is 16.2. The maximum absolute atomic E-state index is 11.1. The van der Waals surface area contributed by atoms with Crippen molar-refractivity contribution in [3.63, 3.8) is 0 Å². The summed E-state index contributed by atoms with van der Waals surface area (Å²) in [6, 6.07) is 0. The molecule has 4 heteroatoms. The zero-order valence-electron chi connectivity index (χ0n) is 22.2. The van der Waals surface area contributed by atoms with E-state index in [9.17, 15) is 5.11 Å². The van der Waals surface area contributed by atoms with Crippen LogP contribution in [0.3, 0.4) is 0 Å². The Morgan fingerprint density at radius 1 is 1.15 bits per heavy atom. The first-order valence-corrected chi connectivity index (χ1v) is 14.5. The number of hydrogen-bond donors (Lipinski definition) is 1. The molecule has 192 valence electrons. The molecular formula is C30H48O4. The Morgan fingerprint density at radius 3 is 2.71 bits per heavy atom. The van der Waals surface area contributed by atoms with Gasteiger partial charge >= 0.3 is 0 Å². The van der Waals surface area contributed by atoms with Gasteiger partial charge < -0.3 is 19.3 Å². The minimum absolute atomic E-state index is 0.0147. The smallest absolute Gasteiger partial charge is 0.171 e. The molecule has 0 aromatic rings. The summed E-state index contributed by atoms with van der Waals surface area (Å²) in [7, 11) is 0. The quantitative estimate of drug-likeness (QED) is 0.503. The molecule has 2 saturated heterocycles. The van der Waals surface area contributed by atoms with Gasteiger partial charge in [0.2, 0.25) is 0 Å². The molecule has 6 rings (SSSR count). The minimum atomic E-state index is -0.335.